The second-order valence-corrected chi connectivity index (χ2v) is 7.42. The van der Waals surface area contributed by atoms with Crippen LogP contribution in [0.1, 0.15) is 16.7 Å². The van der Waals surface area contributed by atoms with Gasteiger partial charge in [-0.1, -0.05) is 0 Å². The SMILES string of the molecule is Cl.Cn1cc(-c2ccc(CN3CCNCC3c3nccn3C)s2)cn1. The molecule has 0 spiro atoms. The molecule has 8 heteroatoms. The van der Waals surface area contributed by atoms with Crippen molar-refractivity contribution in [1.82, 2.24) is 29.5 Å². The highest BCUT2D eigenvalue weighted by Crippen LogP contribution is 2.30. The minimum Gasteiger partial charge on any atom is -0.337 e. The molecule has 4 rings (SSSR count). The van der Waals surface area contributed by atoms with Gasteiger partial charge in [0.05, 0.1) is 12.2 Å². The summed E-state index contributed by atoms with van der Waals surface area (Å²) >= 11 is 1.85. The number of rotatable bonds is 4. The molecule has 25 heavy (non-hydrogen) atoms. The molecule has 0 aliphatic carbocycles. The summed E-state index contributed by atoms with van der Waals surface area (Å²) in [4.78, 5) is 9.75. The van der Waals surface area contributed by atoms with Gasteiger partial charge in [-0.3, -0.25) is 9.58 Å². The Labute approximate surface area is 157 Å². The maximum atomic E-state index is 4.56. The number of thiophene rings is 1. The molecule has 4 heterocycles. The quantitative estimate of drug-likeness (QED) is 0.757. The van der Waals surface area contributed by atoms with Gasteiger partial charge in [0.15, 0.2) is 0 Å². The first kappa shape index (κ1) is 18.1. The molecular weight excluding hydrogens is 356 g/mol. The summed E-state index contributed by atoms with van der Waals surface area (Å²) < 4.78 is 3.97. The van der Waals surface area contributed by atoms with Crippen LogP contribution in [0.2, 0.25) is 0 Å². The van der Waals surface area contributed by atoms with Gasteiger partial charge in [-0.25, -0.2) is 4.98 Å². The lowest BCUT2D eigenvalue weighted by Gasteiger charge is -2.35. The fourth-order valence-electron chi connectivity index (χ4n) is 3.26. The molecule has 1 unspecified atom stereocenters. The normalized spacial score (nSPS) is 18.2. The highest BCUT2D eigenvalue weighted by atomic mass is 35.5. The van der Waals surface area contributed by atoms with E-state index in [9.17, 15) is 0 Å². The molecule has 0 radical (unpaired) electrons. The number of aromatic nitrogens is 4. The number of piperazine rings is 1. The summed E-state index contributed by atoms with van der Waals surface area (Å²) in [5, 5.41) is 7.76. The van der Waals surface area contributed by atoms with E-state index in [1.807, 2.05) is 41.7 Å². The van der Waals surface area contributed by atoms with Crippen LogP contribution in [0.25, 0.3) is 10.4 Å². The van der Waals surface area contributed by atoms with Crippen molar-refractivity contribution >= 4 is 23.7 Å². The Morgan fingerprint density at radius 3 is 2.92 bits per heavy atom. The first-order valence-electron chi connectivity index (χ1n) is 8.20. The van der Waals surface area contributed by atoms with E-state index in [-0.39, 0.29) is 12.4 Å². The zero-order valence-corrected chi connectivity index (χ0v) is 16.1. The molecule has 1 N–H and O–H groups in total. The van der Waals surface area contributed by atoms with E-state index in [0.717, 1.165) is 32.0 Å². The molecule has 0 bridgehead atoms. The predicted molar refractivity (Wildman–Crippen MR) is 103 cm³/mol. The zero-order chi connectivity index (χ0) is 16.5. The second-order valence-electron chi connectivity index (χ2n) is 6.26. The molecule has 0 saturated carbocycles. The smallest absolute Gasteiger partial charge is 0.127 e. The Bertz CT molecular complexity index is 823. The van der Waals surface area contributed by atoms with Gasteiger partial charge < -0.3 is 9.88 Å². The van der Waals surface area contributed by atoms with E-state index in [1.54, 1.807) is 0 Å². The van der Waals surface area contributed by atoms with E-state index < -0.39 is 0 Å². The minimum atomic E-state index is 0. The molecule has 1 aliphatic rings. The van der Waals surface area contributed by atoms with Gasteiger partial charge >= 0.3 is 0 Å². The predicted octanol–water partition coefficient (Wildman–Crippen LogP) is 2.45. The first-order chi connectivity index (χ1) is 11.7. The molecule has 1 saturated heterocycles. The van der Waals surface area contributed by atoms with E-state index in [4.69, 9.17) is 0 Å². The summed E-state index contributed by atoms with van der Waals surface area (Å²) in [6, 6.07) is 4.77. The lowest BCUT2D eigenvalue weighted by atomic mass is 10.1. The number of imidazole rings is 1. The number of nitrogens with one attached hydrogen (secondary N) is 1. The van der Waals surface area contributed by atoms with Crippen molar-refractivity contribution in [3.05, 3.63) is 47.6 Å². The highest BCUT2D eigenvalue weighted by Gasteiger charge is 2.27. The molecule has 3 aromatic heterocycles. The molecule has 3 aromatic rings. The maximum Gasteiger partial charge on any atom is 0.127 e. The molecule has 0 amide bonds. The average Bonchev–Trinajstić information content (AvgIpc) is 3.30. The van der Waals surface area contributed by atoms with Crippen LogP contribution in [0.5, 0.6) is 0 Å². The fourth-order valence-corrected chi connectivity index (χ4v) is 4.26. The summed E-state index contributed by atoms with van der Waals surface area (Å²) in [6.07, 6.45) is 7.90. The van der Waals surface area contributed by atoms with Gasteiger partial charge in [-0.15, -0.1) is 23.7 Å². The van der Waals surface area contributed by atoms with Gasteiger partial charge in [0.25, 0.3) is 0 Å². The summed E-state index contributed by atoms with van der Waals surface area (Å²) in [5.74, 6) is 1.13. The fraction of sp³-hybridized carbons (Fsp3) is 0.412. The van der Waals surface area contributed by atoms with Crippen molar-refractivity contribution in [2.24, 2.45) is 14.1 Å². The number of hydrogen-bond donors (Lipinski definition) is 1. The van der Waals surface area contributed by atoms with Crippen molar-refractivity contribution < 1.29 is 0 Å². The van der Waals surface area contributed by atoms with Gasteiger partial charge in [-0.2, -0.15) is 5.10 Å². The lowest BCUT2D eigenvalue weighted by molar-refractivity contribution is 0.146. The van der Waals surface area contributed by atoms with E-state index in [2.05, 4.69) is 50.2 Å². The van der Waals surface area contributed by atoms with Gasteiger partial charge in [0.1, 0.15) is 5.82 Å². The Hall–Kier alpha value is -1.67. The number of aryl methyl sites for hydroxylation is 2. The number of halogens is 1. The molecule has 1 aliphatic heterocycles. The monoisotopic (exact) mass is 378 g/mol. The van der Waals surface area contributed by atoms with Crippen LogP contribution in [-0.4, -0.2) is 43.9 Å². The third kappa shape index (κ3) is 3.79. The molecule has 134 valence electrons. The van der Waals surface area contributed by atoms with Crippen molar-refractivity contribution in [2.75, 3.05) is 19.6 Å². The zero-order valence-electron chi connectivity index (χ0n) is 14.4. The molecule has 6 nitrogen and oxygen atoms in total. The lowest BCUT2D eigenvalue weighted by Crippen LogP contribution is -2.46. The van der Waals surface area contributed by atoms with Crippen LogP contribution in [0, 0.1) is 0 Å². The van der Waals surface area contributed by atoms with Crippen molar-refractivity contribution in [1.29, 1.82) is 0 Å². The van der Waals surface area contributed by atoms with Crippen molar-refractivity contribution in [2.45, 2.75) is 12.6 Å². The van der Waals surface area contributed by atoms with E-state index in [0.29, 0.717) is 6.04 Å². The third-order valence-corrected chi connectivity index (χ3v) is 5.64. The average molecular weight is 379 g/mol. The second kappa shape index (κ2) is 7.70. The number of nitrogens with zero attached hydrogens (tertiary/aromatic N) is 5. The first-order valence-corrected chi connectivity index (χ1v) is 9.02. The van der Waals surface area contributed by atoms with Crippen LogP contribution in [-0.2, 0) is 20.6 Å². The highest BCUT2D eigenvalue weighted by molar-refractivity contribution is 7.15. The van der Waals surface area contributed by atoms with Crippen LogP contribution in [0.15, 0.2) is 36.9 Å². The largest absolute Gasteiger partial charge is 0.337 e. The van der Waals surface area contributed by atoms with Crippen LogP contribution in [0.4, 0.5) is 0 Å². The summed E-state index contributed by atoms with van der Waals surface area (Å²) in [6.45, 7) is 3.98. The molecule has 1 atom stereocenters. The Kier molecular flexibility index (Phi) is 5.58. The molecular formula is C17H23ClN6S. The van der Waals surface area contributed by atoms with Gasteiger partial charge in [0, 0.05) is 74.2 Å². The molecule has 0 aromatic carbocycles. The Morgan fingerprint density at radius 1 is 1.32 bits per heavy atom. The molecule has 1 fully saturated rings. The van der Waals surface area contributed by atoms with Crippen molar-refractivity contribution in [3.63, 3.8) is 0 Å². The van der Waals surface area contributed by atoms with Gasteiger partial charge in [-0.05, 0) is 12.1 Å². The standard InChI is InChI=1S/C17H22N6S.ClH/c1-21-7-6-19-17(21)15-10-18-5-8-23(15)12-14-3-4-16(24-14)13-9-20-22(2)11-13;/h3-4,6-7,9,11,15,18H,5,8,10,12H2,1-2H3;1H. The van der Waals surface area contributed by atoms with Crippen LogP contribution >= 0.6 is 23.7 Å². The Morgan fingerprint density at radius 2 is 2.20 bits per heavy atom. The van der Waals surface area contributed by atoms with Crippen LogP contribution < -0.4 is 5.32 Å². The third-order valence-electron chi connectivity index (χ3n) is 4.52. The number of hydrogen-bond acceptors (Lipinski definition) is 5. The minimum absolute atomic E-state index is 0. The maximum absolute atomic E-state index is 4.56. The summed E-state index contributed by atoms with van der Waals surface area (Å²) in [7, 11) is 4.02. The van der Waals surface area contributed by atoms with Gasteiger partial charge in [0.2, 0.25) is 0 Å². The van der Waals surface area contributed by atoms with E-state index in [1.165, 1.54) is 15.3 Å². The van der Waals surface area contributed by atoms with Crippen molar-refractivity contribution in [3.8, 4) is 10.4 Å². The summed E-state index contributed by atoms with van der Waals surface area (Å²) in [5.41, 5.74) is 1.19. The Balaban J connectivity index is 0.00000182. The topological polar surface area (TPSA) is 50.9 Å². The van der Waals surface area contributed by atoms with Crippen LogP contribution in [0.3, 0.4) is 0 Å². The van der Waals surface area contributed by atoms with E-state index >= 15 is 0 Å².